The van der Waals surface area contributed by atoms with E-state index in [-0.39, 0.29) is 17.9 Å². The number of aryl methyl sites for hydroxylation is 1. The van der Waals surface area contributed by atoms with Gasteiger partial charge < -0.3 is 15.2 Å². The molecule has 288 valence electrons. The van der Waals surface area contributed by atoms with Crippen molar-refractivity contribution in [3.8, 4) is 0 Å². The van der Waals surface area contributed by atoms with Crippen LogP contribution in [-0.2, 0) is 26.3 Å². The quantitative estimate of drug-likeness (QED) is 0.288. The normalized spacial score (nSPS) is 47.2. The van der Waals surface area contributed by atoms with E-state index >= 15 is 4.79 Å². The molecule has 3 unspecified atom stereocenters. The largest absolute Gasteiger partial charge is 0.449 e. The minimum absolute atomic E-state index is 0.0833. The fourth-order valence-corrected chi connectivity index (χ4v) is 16.0. The molecule has 0 aromatic heterocycles. The van der Waals surface area contributed by atoms with Crippen LogP contribution in [0.3, 0.4) is 0 Å². The zero-order valence-corrected chi connectivity index (χ0v) is 32.9. The van der Waals surface area contributed by atoms with Crippen LogP contribution in [0.1, 0.15) is 119 Å². The number of piperidine rings is 3. The molecule has 14 rings (SSSR count). The summed E-state index contributed by atoms with van der Waals surface area (Å²) in [7, 11) is 0. The van der Waals surface area contributed by atoms with Gasteiger partial charge in [-0.2, -0.15) is 0 Å². The first kappa shape index (κ1) is 34.5. The van der Waals surface area contributed by atoms with E-state index in [1.165, 1.54) is 50.9 Å². The van der Waals surface area contributed by atoms with Crippen LogP contribution >= 0.6 is 0 Å². The average Bonchev–Trinajstić information content (AvgIpc) is 3.62. The molecule has 12 bridgehead atoms. The fourth-order valence-electron chi connectivity index (χ4n) is 16.0. The Labute approximate surface area is 322 Å². The number of benzene rings is 1. The molecule has 0 radical (unpaired) electrons. The maximum Gasteiger partial charge on any atom is 0.339 e. The molecular weight excluding hydrogens is 671 g/mol. The summed E-state index contributed by atoms with van der Waals surface area (Å²) in [5.41, 5.74) is 9.01. The Morgan fingerprint density at radius 3 is 2.72 bits per heavy atom. The summed E-state index contributed by atoms with van der Waals surface area (Å²) < 4.78 is 13.9. The van der Waals surface area contributed by atoms with Gasteiger partial charge in [-0.3, -0.25) is 14.6 Å². The number of nitrogens with two attached hydrogens (primary N) is 1. The number of rotatable bonds is 7. The van der Waals surface area contributed by atoms with E-state index in [1.54, 1.807) is 5.57 Å². The molecule has 0 amide bonds. The SMILES string of the molecule is CCC[C@H]1CC=C2OC(=O)[C@@]34C5=C(CC[C@@]23[C@@]2(OC(=O)c3c(CCCN)cccc32)[C@H]4CCC)[C@@H]2C3[C@@H](CC[C@H]4[C@H]6C[C@@H](CN1C6)CN34)C[C@H](C)[C@@H]2C=C5. The van der Waals surface area contributed by atoms with Crippen molar-refractivity contribution < 1.29 is 19.1 Å². The molecule has 15 atom stereocenters. The van der Waals surface area contributed by atoms with Crippen LogP contribution in [0.4, 0.5) is 0 Å². The smallest absolute Gasteiger partial charge is 0.339 e. The number of ether oxygens (including phenoxy) is 2. The fraction of sp³-hybridized carbons (Fsp3) is 0.702. The van der Waals surface area contributed by atoms with Crippen molar-refractivity contribution >= 4 is 11.9 Å². The standard InChI is InChI=1S/C47H61N3O4/c1-4-8-32-14-18-39-45-20-19-34-35(16-15-33-27(3)22-30-13-17-37-31-23-28(24-49(32)26-31)25-50(37)42(30)41(33)34)46(45,44(52)53-39)38(9-5-2)47(45)36-12-6-10-29(11-7-21-48)40(36)43(51)54-47/h6,10,12,15-16,18,27-28,30-33,37-38,41-42H,4-5,7-9,11,13-14,17,19-26,48H2,1-3H3/t27-,28-,30-,31-,32-,33-,37-,38-,41+,42?,45+,46-,47-/m0/s1. The van der Waals surface area contributed by atoms with Crippen molar-refractivity contribution in [3.05, 3.63) is 70.0 Å². The Balaban J connectivity index is 1.17. The molecule has 13 aliphatic rings. The summed E-state index contributed by atoms with van der Waals surface area (Å²) in [6.07, 6.45) is 20.8. The highest BCUT2D eigenvalue weighted by molar-refractivity contribution is 6.00. The van der Waals surface area contributed by atoms with E-state index in [2.05, 4.69) is 67.0 Å². The molecule has 54 heavy (non-hydrogen) atoms. The maximum absolute atomic E-state index is 15.4. The predicted octanol–water partition coefficient (Wildman–Crippen LogP) is 7.69. The number of carbonyl (C=O) groups is 2. The van der Waals surface area contributed by atoms with E-state index in [0.29, 0.717) is 48.3 Å². The number of allylic oxidation sites excluding steroid dienone is 2. The van der Waals surface area contributed by atoms with Crippen molar-refractivity contribution in [2.45, 2.75) is 128 Å². The Kier molecular flexibility index (Phi) is 7.75. The summed E-state index contributed by atoms with van der Waals surface area (Å²) >= 11 is 0. The van der Waals surface area contributed by atoms with Gasteiger partial charge in [0, 0.05) is 55.2 Å². The van der Waals surface area contributed by atoms with Crippen LogP contribution in [0.15, 0.2) is 53.3 Å². The molecule has 7 heteroatoms. The molecule has 1 aromatic rings. The molecule has 4 saturated heterocycles. The molecule has 2 spiro atoms. The zero-order chi connectivity index (χ0) is 36.7. The average molecular weight is 732 g/mol. The van der Waals surface area contributed by atoms with Crippen LogP contribution in [0.5, 0.6) is 0 Å². The van der Waals surface area contributed by atoms with Gasteiger partial charge >= 0.3 is 11.9 Å². The lowest BCUT2D eigenvalue weighted by atomic mass is 9.29. The number of carbonyl (C=O) groups excluding carboxylic acids is 2. The third-order valence-electron chi connectivity index (χ3n) is 17.5. The van der Waals surface area contributed by atoms with Gasteiger partial charge in [0.15, 0.2) is 5.60 Å². The Hall–Kier alpha value is -2.74. The van der Waals surface area contributed by atoms with Crippen LogP contribution in [-0.4, -0.2) is 66.0 Å². The van der Waals surface area contributed by atoms with Crippen LogP contribution < -0.4 is 5.73 Å². The molecule has 9 heterocycles. The molecule has 1 aromatic carbocycles. The Bertz CT molecular complexity index is 1880. The van der Waals surface area contributed by atoms with Crippen molar-refractivity contribution in [2.75, 3.05) is 26.2 Å². The van der Waals surface area contributed by atoms with Gasteiger partial charge in [0.25, 0.3) is 0 Å². The molecule has 4 aliphatic carbocycles. The van der Waals surface area contributed by atoms with Crippen molar-refractivity contribution in [2.24, 2.45) is 58.0 Å². The van der Waals surface area contributed by atoms with Crippen LogP contribution in [0.25, 0.3) is 0 Å². The van der Waals surface area contributed by atoms with E-state index in [1.807, 2.05) is 0 Å². The minimum Gasteiger partial charge on any atom is -0.449 e. The van der Waals surface area contributed by atoms with E-state index < -0.39 is 16.4 Å². The minimum atomic E-state index is -0.941. The van der Waals surface area contributed by atoms with Crippen molar-refractivity contribution in [1.82, 2.24) is 9.80 Å². The highest BCUT2D eigenvalue weighted by Crippen LogP contribution is 2.86. The van der Waals surface area contributed by atoms with Gasteiger partial charge in [-0.15, -0.1) is 0 Å². The summed E-state index contributed by atoms with van der Waals surface area (Å²) in [6, 6.07) is 8.00. The maximum atomic E-state index is 15.4. The van der Waals surface area contributed by atoms with E-state index in [0.717, 1.165) is 92.1 Å². The predicted molar refractivity (Wildman–Crippen MR) is 208 cm³/mol. The third kappa shape index (κ3) is 4.00. The van der Waals surface area contributed by atoms with E-state index in [9.17, 15) is 4.79 Å². The third-order valence-corrected chi connectivity index (χ3v) is 17.5. The summed E-state index contributed by atoms with van der Waals surface area (Å²) in [5.74, 6) is 4.03. The monoisotopic (exact) mass is 731 g/mol. The Morgan fingerprint density at radius 1 is 1.02 bits per heavy atom. The van der Waals surface area contributed by atoms with Crippen LogP contribution in [0, 0.1) is 52.3 Å². The number of fused-ring (bicyclic) bond motifs is 2. The van der Waals surface area contributed by atoms with Gasteiger partial charge in [0.2, 0.25) is 0 Å². The van der Waals surface area contributed by atoms with E-state index in [4.69, 9.17) is 15.2 Å². The summed E-state index contributed by atoms with van der Waals surface area (Å²) in [4.78, 5) is 35.9. The first-order chi connectivity index (χ1) is 26.3. The molecule has 2 N–H and O–H groups in total. The number of hydrogen-bond acceptors (Lipinski definition) is 7. The summed E-state index contributed by atoms with van der Waals surface area (Å²) in [6.45, 7) is 11.3. The van der Waals surface area contributed by atoms with Gasteiger partial charge in [0.05, 0.1) is 11.0 Å². The van der Waals surface area contributed by atoms with Gasteiger partial charge in [-0.05, 0) is 124 Å². The second-order valence-corrected chi connectivity index (χ2v) is 19.6. The molecule has 2 saturated carbocycles. The van der Waals surface area contributed by atoms with Gasteiger partial charge in [-0.1, -0.05) is 69.5 Å². The zero-order valence-electron chi connectivity index (χ0n) is 32.9. The number of esters is 2. The molecule has 7 nitrogen and oxygen atoms in total. The molecule has 6 fully saturated rings. The second-order valence-electron chi connectivity index (χ2n) is 19.6. The topological polar surface area (TPSA) is 85.1 Å². The van der Waals surface area contributed by atoms with Gasteiger partial charge in [-0.25, -0.2) is 4.79 Å². The highest BCUT2D eigenvalue weighted by atomic mass is 16.6. The number of hydrogen-bond donors (Lipinski definition) is 1. The summed E-state index contributed by atoms with van der Waals surface area (Å²) in [5, 5.41) is 0. The molecule has 9 aliphatic heterocycles. The first-order valence-corrected chi connectivity index (χ1v) is 22.2. The van der Waals surface area contributed by atoms with Gasteiger partial charge in [0.1, 0.15) is 11.2 Å². The van der Waals surface area contributed by atoms with Crippen molar-refractivity contribution in [3.63, 3.8) is 0 Å². The van der Waals surface area contributed by atoms with Crippen LogP contribution in [0.2, 0.25) is 0 Å². The second kappa shape index (κ2) is 12.1. The van der Waals surface area contributed by atoms with Crippen molar-refractivity contribution in [1.29, 1.82) is 0 Å². The lowest BCUT2D eigenvalue weighted by Gasteiger charge is -2.71. The lowest BCUT2D eigenvalue weighted by Crippen LogP contribution is -2.77. The molecular formula is C47H61N3O4. The highest BCUT2D eigenvalue weighted by Gasteiger charge is 2.92. The lowest BCUT2D eigenvalue weighted by molar-refractivity contribution is -0.275. The first-order valence-electron chi connectivity index (χ1n) is 22.2. The Morgan fingerprint density at radius 2 is 1.89 bits per heavy atom. The number of nitrogens with zero attached hydrogens (tertiary/aromatic N) is 2.